The Bertz CT molecular complexity index is 2100. The lowest BCUT2D eigenvalue weighted by Gasteiger charge is -2.50. The number of fused-ring (bicyclic) bond motifs is 4. The van der Waals surface area contributed by atoms with Crippen LogP contribution in [0.25, 0.3) is 0 Å². The zero-order valence-corrected chi connectivity index (χ0v) is 27.9. The van der Waals surface area contributed by atoms with Gasteiger partial charge >= 0.3 is 0 Å². The SMILES string of the molecule is COc1cc(C2C3=CCC4C(=O)N(c5ccc(C)c(Cl)c5)C(=O)C4C3CC3(Cl)C(=O)N(c4c(F)c(F)c(F)c(F)c4F)C(=O)C23Cl)ccc1O. The summed E-state index contributed by atoms with van der Waals surface area (Å²) in [4.78, 5) is 52.0. The van der Waals surface area contributed by atoms with Gasteiger partial charge in [-0.05, 0) is 61.1 Å². The summed E-state index contributed by atoms with van der Waals surface area (Å²) in [5.41, 5.74) is -0.694. The van der Waals surface area contributed by atoms with E-state index in [0.717, 1.165) is 4.90 Å². The summed E-state index contributed by atoms with van der Waals surface area (Å²) in [7, 11) is 1.22. The maximum atomic E-state index is 15.2. The molecule has 0 radical (unpaired) electrons. The first-order chi connectivity index (χ1) is 23.5. The minimum atomic E-state index is -2.71. The highest BCUT2D eigenvalue weighted by molar-refractivity contribution is 6.58. The molecule has 2 saturated heterocycles. The van der Waals surface area contributed by atoms with Gasteiger partial charge in [-0.3, -0.25) is 19.2 Å². The Kier molecular flexibility index (Phi) is 7.82. The first-order valence-electron chi connectivity index (χ1n) is 15.0. The van der Waals surface area contributed by atoms with Gasteiger partial charge in [0.05, 0.1) is 24.6 Å². The molecule has 4 aliphatic rings. The van der Waals surface area contributed by atoms with Gasteiger partial charge < -0.3 is 9.84 Å². The van der Waals surface area contributed by atoms with Crippen LogP contribution in [0, 0.1) is 53.8 Å². The lowest BCUT2D eigenvalue weighted by Crippen LogP contribution is -2.60. The summed E-state index contributed by atoms with van der Waals surface area (Å²) >= 11 is 20.5. The molecule has 2 aliphatic carbocycles. The van der Waals surface area contributed by atoms with E-state index in [1.165, 1.54) is 37.4 Å². The van der Waals surface area contributed by atoms with Gasteiger partial charge in [0.25, 0.3) is 11.8 Å². The predicted molar refractivity (Wildman–Crippen MR) is 170 cm³/mol. The molecule has 0 bridgehead atoms. The van der Waals surface area contributed by atoms with E-state index in [9.17, 15) is 37.5 Å². The van der Waals surface area contributed by atoms with Crippen molar-refractivity contribution in [1.82, 2.24) is 0 Å². The number of aryl methyl sites for hydroxylation is 1. The Hall–Kier alpha value is -4.20. The number of phenolic OH excluding ortho intramolecular Hbond substituents is 1. The third kappa shape index (κ3) is 4.29. The maximum absolute atomic E-state index is 15.2. The third-order valence-corrected chi connectivity index (χ3v) is 12.0. The van der Waals surface area contributed by atoms with Crippen LogP contribution in [-0.4, -0.2) is 45.6 Å². The number of alkyl halides is 2. The maximum Gasteiger partial charge on any atom is 0.258 e. The molecule has 2 heterocycles. The van der Waals surface area contributed by atoms with Crippen LogP contribution in [0.15, 0.2) is 48.0 Å². The van der Waals surface area contributed by atoms with E-state index in [0.29, 0.717) is 5.56 Å². The number of imide groups is 2. The molecule has 16 heteroatoms. The minimum absolute atomic E-state index is 0.0470. The quantitative estimate of drug-likeness (QED) is 0.0783. The summed E-state index contributed by atoms with van der Waals surface area (Å²) in [5, 5.41) is 10.6. The molecule has 4 amide bonds. The van der Waals surface area contributed by atoms with Gasteiger partial charge in [-0.25, -0.2) is 31.8 Å². The molecule has 1 N–H and O–H groups in total. The van der Waals surface area contributed by atoms with E-state index in [-0.39, 0.29) is 44.7 Å². The molecule has 260 valence electrons. The fourth-order valence-electron chi connectivity index (χ4n) is 7.79. The highest BCUT2D eigenvalue weighted by Crippen LogP contribution is 2.66. The molecule has 50 heavy (non-hydrogen) atoms. The molecule has 3 aromatic carbocycles. The van der Waals surface area contributed by atoms with Crippen LogP contribution >= 0.6 is 34.8 Å². The molecule has 7 rings (SSSR count). The van der Waals surface area contributed by atoms with Crippen LogP contribution in [0.2, 0.25) is 5.02 Å². The van der Waals surface area contributed by atoms with Crippen molar-refractivity contribution >= 4 is 69.8 Å². The smallest absolute Gasteiger partial charge is 0.258 e. The van der Waals surface area contributed by atoms with Gasteiger partial charge in [0.1, 0.15) is 5.69 Å². The topological polar surface area (TPSA) is 104 Å². The van der Waals surface area contributed by atoms with Crippen LogP contribution in [-0.2, 0) is 19.2 Å². The number of nitrogens with zero attached hydrogens (tertiary/aromatic N) is 2. The second-order valence-electron chi connectivity index (χ2n) is 12.6. The third-order valence-electron chi connectivity index (χ3n) is 10.2. The van der Waals surface area contributed by atoms with Crippen molar-refractivity contribution in [1.29, 1.82) is 0 Å². The lowest BCUT2D eigenvalue weighted by molar-refractivity contribution is -0.125. The van der Waals surface area contributed by atoms with Gasteiger partial charge in [0.2, 0.25) is 17.6 Å². The summed E-state index contributed by atoms with van der Waals surface area (Å²) < 4.78 is 78.5. The number of aromatic hydroxyl groups is 1. The predicted octanol–water partition coefficient (Wildman–Crippen LogP) is 6.83. The number of hydrogen-bond donors (Lipinski definition) is 1. The molecule has 3 fully saturated rings. The van der Waals surface area contributed by atoms with E-state index >= 15 is 8.78 Å². The van der Waals surface area contributed by atoms with Crippen LogP contribution in [0.5, 0.6) is 11.5 Å². The number of phenols is 1. The Balaban J connectivity index is 1.44. The van der Waals surface area contributed by atoms with Gasteiger partial charge in [-0.15, -0.1) is 23.2 Å². The normalized spacial score (nSPS) is 28.9. The molecule has 1 saturated carbocycles. The van der Waals surface area contributed by atoms with Crippen LogP contribution in [0.1, 0.15) is 29.9 Å². The van der Waals surface area contributed by atoms with E-state index in [1.54, 1.807) is 19.1 Å². The average molecular weight is 756 g/mol. The summed E-state index contributed by atoms with van der Waals surface area (Å²) in [5.74, 6) is -22.1. The molecule has 0 spiro atoms. The number of ether oxygens (including phenoxy) is 1. The largest absolute Gasteiger partial charge is 0.504 e. The van der Waals surface area contributed by atoms with E-state index in [2.05, 4.69) is 0 Å². The number of halogens is 8. The van der Waals surface area contributed by atoms with Crippen molar-refractivity contribution in [3.05, 3.63) is 93.3 Å². The van der Waals surface area contributed by atoms with Crippen LogP contribution < -0.4 is 14.5 Å². The van der Waals surface area contributed by atoms with Crippen LogP contribution in [0.4, 0.5) is 33.3 Å². The van der Waals surface area contributed by atoms with Gasteiger partial charge in [-0.1, -0.05) is 35.4 Å². The zero-order chi connectivity index (χ0) is 36.4. The summed E-state index contributed by atoms with van der Waals surface area (Å²) in [6, 6.07) is 8.33. The Labute approximate surface area is 294 Å². The monoisotopic (exact) mass is 754 g/mol. The van der Waals surface area contributed by atoms with Crippen molar-refractivity contribution in [2.24, 2.45) is 17.8 Å². The number of anilines is 2. The van der Waals surface area contributed by atoms with E-state index in [1.807, 2.05) is 0 Å². The van der Waals surface area contributed by atoms with Gasteiger partial charge in [0.15, 0.2) is 44.5 Å². The van der Waals surface area contributed by atoms with Crippen molar-refractivity contribution in [3.63, 3.8) is 0 Å². The number of allylic oxidation sites excluding steroid dienone is 2. The highest BCUT2D eigenvalue weighted by Gasteiger charge is 2.77. The fraction of sp³-hybridized carbons (Fsp3) is 0.294. The molecular weight excluding hydrogens is 734 g/mol. The molecule has 3 aromatic rings. The Morgan fingerprint density at radius 2 is 1.48 bits per heavy atom. The summed E-state index contributed by atoms with van der Waals surface area (Å²) in [6.45, 7) is 1.73. The average Bonchev–Trinajstić information content (AvgIpc) is 3.42. The molecule has 8 nitrogen and oxygen atoms in total. The van der Waals surface area contributed by atoms with E-state index < -0.39 is 98.2 Å². The second kappa shape index (κ2) is 11.4. The highest BCUT2D eigenvalue weighted by atomic mass is 35.5. The molecule has 6 unspecified atom stereocenters. The molecule has 0 aromatic heterocycles. The van der Waals surface area contributed by atoms with Crippen molar-refractivity contribution < 1.29 is 51.0 Å². The molecular formula is C34H22Cl3F5N2O6. The van der Waals surface area contributed by atoms with Crippen LogP contribution in [0.3, 0.4) is 0 Å². The Morgan fingerprint density at radius 1 is 0.840 bits per heavy atom. The molecule has 6 atom stereocenters. The fourth-order valence-corrected chi connectivity index (χ4v) is 8.90. The van der Waals surface area contributed by atoms with Gasteiger partial charge in [0, 0.05) is 10.9 Å². The number of rotatable bonds is 4. The number of carbonyl (C=O) groups excluding carboxylic acids is 4. The number of amides is 4. The van der Waals surface area contributed by atoms with Crippen molar-refractivity contribution in [2.75, 3.05) is 16.9 Å². The summed E-state index contributed by atoms with van der Waals surface area (Å²) in [6.07, 6.45) is 0.857. The number of benzene rings is 3. The lowest BCUT2D eigenvalue weighted by atomic mass is 9.56. The minimum Gasteiger partial charge on any atom is -0.504 e. The zero-order valence-electron chi connectivity index (χ0n) is 25.7. The molecule has 2 aliphatic heterocycles. The van der Waals surface area contributed by atoms with E-state index in [4.69, 9.17) is 39.5 Å². The number of hydrogen-bond acceptors (Lipinski definition) is 6. The van der Waals surface area contributed by atoms with Crippen molar-refractivity contribution in [3.8, 4) is 11.5 Å². The Morgan fingerprint density at radius 3 is 2.10 bits per heavy atom. The first kappa shape index (κ1) is 34.3. The second-order valence-corrected chi connectivity index (χ2v) is 14.2. The number of carbonyl (C=O) groups is 4. The van der Waals surface area contributed by atoms with Gasteiger partial charge in [-0.2, -0.15) is 0 Å². The van der Waals surface area contributed by atoms with Crippen molar-refractivity contribution in [2.45, 2.75) is 35.4 Å². The number of methoxy groups -OCH3 is 1. The first-order valence-corrected chi connectivity index (χ1v) is 16.1. The standard InChI is InChI=1S/C34H22Cl3F5N2O6/c1-12-3-5-14(10-18(12)35)43-29(46)16-7-6-15-17(21(16)30(43)47)11-33(36)31(48)44(28-26(41)24(39)23(38)25(40)27(28)42)32(49)34(33,37)22(15)13-4-8-19(45)20(9-13)50-2/h3-6,8-10,16-17,21-22,45H,7,11H2,1-2H3.